The van der Waals surface area contributed by atoms with Gasteiger partial charge in [0, 0.05) is 18.1 Å². The Kier molecular flexibility index (Phi) is 8.17. The first-order chi connectivity index (χ1) is 17.1. The van der Waals surface area contributed by atoms with Crippen LogP contribution in [0.1, 0.15) is 68.9 Å². The van der Waals surface area contributed by atoms with Crippen LogP contribution in [0.4, 0.5) is 30.7 Å². The van der Waals surface area contributed by atoms with Crippen LogP contribution in [-0.2, 0) is 11.2 Å². The number of aryl methyl sites for hydroxylation is 1. The molecule has 1 aliphatic heterocycles. The smallest absolute Gasteiger partial charge is 0.400 e. The Balaban J connectivity index is 1.30. The van der Waals surface area contributed by atoms with Gasteiger partial charge in [-0.3, -0.25) is 0 Å². The highest BCUT2D eigenvalue weighted by Gasteiger charge is 2.45. The van der Waals surface area contributed by atoms with Gasteiger partial charge in [-0.2, -0.15) is 8.78 Å². The van der Waals surface area contributed by atoms with Gasteiger partial charge in [-0.05, 0) is 62.0 Å². The van der Waals surface area contributed by atoms with Crippen LogP contribution in [0, 0.1) is 40.9 Å². The Morgan fingerprint density at radius 1 is 0.861 bits per heavy atom. The van der Waals surface area contributed by atoms with Crippen molar-refractivity contribution in [2.75, 3.05) is 6.61 Å². The Bertz CT molecular complexity index is 1040. The van der Waals surface area contributed by atoms with Crippen LogP contribution in [-0.4, -0.2) is 18.8 Å². The first-order valence-corrected chi connectivity index (χ1v) is 12.4. The third-order valence-electron chi connectivity index (χ3n) is 7.45. The second-order valence-corrected chi connectivity index (χ2v) is 9.81. The molecule has 2 aliphatic rings. The fourth-order valence-electron chi connectivity index (χ4n) is 5.43. The molecule has 0 spiro atoms. The van der Waals surface area contributed by atoms with Gasteiger partial charge in [0.15, 0.2) is 29.1 Å². The van der Waals surface area contributed by atoms with Gasteiger partial charge in [-0.1, -0.05) is 25.5 Å². The van der Waals surface area contributed by atoms with Crippen LogP contribution in [0.25, 0.3) is 0 Å². The molecular formula is C27H29F7O2. The number of hydrogen-bond donors (Lipinski definition) is 0. The predicted octanol–water partition coefficient (Wildman–Crippen LogP) is 8.08. The van der Waals surface area contributed by atoms with E-state index < -0.39 is 46.9 Å². The third-order valence-corrected chi connectivity index (χ3v) is 7.45. The maximum atomic E-state index is 14.7. The van der Waals surface area contributed by atoms with E-state index in [4.69, 9.17) is 4.74 Å². The molecule has 0 amide bonds. The van der Waals surface area contributed by atoms with Crippen molar-refractivity contribution in [1.29, 1.82) is 0 Å². The van der Waals surface area contributed by atoms with E-state index in [1.54, 1.807) is 12.1 Å². The predicted molar refractivity (Wildman–Crippen MR) is 119 cm³/mol. The van der Waals surface area contributed by atoms with E-state index in [-0.39, 0.29) is 37.4 Å². The standard InChI is InChI=1S/C27H29F7O2/c1-2-3-16-6-10-20(25(31)24(16)30)17-7-11-23(35-14-17)15-4-8-18(9-5-15)27(33,34)36-19-12-21(28)26(32)22(29)13-19/h6,10,12-13,15,17-18,23H,2-5,7-9,11,14H2,1H3. The summed E-state index contributed by atoms with van der Waals surface area (Å²) >= 11 is 0. The van der Waals surface area contributed by atoms with Gasteiger partial charge < -0.3 is 9.47 Å². The summed E-state index contributed by atoms with van der Waals surface area (Å²) in [4.78, 5) is 0. The summed E-state index contributed by atoms with van der Waals surface area (Å²) < 4.78 is 109. The molecule has 36 heavy (non-hydrogen) atoms. The molecule has 2 fully saturated rings. The molecule has 1 saturated carbocycles. The highest BCUT2D eigenvalue weighted by atomic mass is 19.3. The maximum Gasteiger partial charge on any atom is 0.400 e. The first-order valence-electron chi connectivity index (χ1n) is 12.4. The molecule has 4 rings (SSSR count). The lowest BCUT2D eigenvalue weighted by atomic mass is 9.76. The monoisotopic (exact) mass is 518 g/mol. The number of alkyl halides is 2. The van der Waals surface area contributed by atoms with Gasteiger partial charge in [-0.25, -0.2) is 22.0 Å². The molecule has 2 unspecified atom stereocenters. The number of ether oxygens (including phenoxy) is 2. The number of rotatable bonds is 7. The van der Waals surface area contributed by atoms with E-state index in [9.17, 15) is 30.7 Å². The van der Waals surface area contributed by atoms with Crippen LogP contribution in [0.2, 0.25) is 0 Å². The van der Waals surface area contributed by atoms with E-state index in [1.807, 2.05) is 6.92 Å². The fourth-order valence-corrected chi connectivity index (χ4v) is 5.43. The van der Waals surface area contributed by atoms with Crippen LogP contribution >= 0.6 is 0 Å². The topological polar surface area (TPSA) is 18.5 Å². The van der Waals surface area contributed by atoms with Gasteiger partial charge in [0.1, 0.15) is 5.75 Å². The summed E-state index contributed by atoms with van der Waals surface area (Å²) in [6, 6.07) is 4.05. The average molecular weight is 519 g/mol. The highest BCUT2D eigenvalue weighted by molar-refractivity contribution is 5.30. The summed E-state index contributed by atoms with van der Waals surface area (Å²) in [5.74, 6) is -8.74. The van der Waals surface area contributed by atoms with E-state index in [1.165, 1.54) is 0 Å². The average Bonchev–Trinajstić information content (AvgIpc) is 2.85. The van der Waals surface area contributed by atoms with Crippen molar-refractivity contribution >= 4 is 0 Å². The number of hydrogen-bond acceptors (Lipinski definition) is 2. The maximum absolute atomic E-state index is 14.7. The summed E-state index contributed by atoms with van der Waals surface area (Å²) in [6.45, 7) is 2.13. The van der Waals surface area contributed by atoms with E-state index >= 15 is 0 Å². The van der Waals surface area contributed by atoms with Crippen molar-refractivity contribution in [1.82, 2.24) is 0 Å². The Morgan fingerprint density at radius 3 is 2.11 bits per heavy atom. The quantitative estimate of drug-likeness (QED) is 0.273. The normalized spacial score (nSPS) is 25.1. The van der Waals surface area contributed by atoms with Crippen LogP contribution in [0.5, 0.6) is 5.75 Å². The van der Waals surface area contributed by atoms with Crippen LogP contribution in [0.15, 0.2) is 24.3 Å². The van der Waals surface area contributed by atoms with Crippen molar-refractivity contribution in [3.05, 3.63) is 64.5 Å². The SMILES string of the molecule is CCCc1ccc(C2CCC(C3CCC(C(F)(F)Oc4cc(F)c(F)c(F)c4)CC3)OC2)c(F)c1F. The zero-order valence-electron chi connectivity index (χ0n) is 19.9. The van der Waals surface area contributed by atoms with E-state index in [0.717, 1.165) is 0 Å². The lowest BCUT2D eigenvalue weighted by Gasteiger charge is -2.39. The molecule has 9 heteroatoms. The van der Waals surface area contributed by atoms with Crippen molar-refractivity contribution in [2.24, 2.45) is 11.8 Å². The largest absolute Gasteiger partial charge is 0.432 e. The summed E-state index contributed by atoms with van der Waals surface area (Å²) in [5.41, 5.74) is 0.667. The van der Waals surface area contributed by atoms with Crippen LogP contribution < -0.4 is 4.74 Å². The molecule has 0 aromatic heterocycles. The molecule has 0 radical (unpaired) electrons. The molecule has 1 aliphatic carbocycles. The molecule has 1 heterocycles. The van der Waals surface area contributed by atoms with Crippen LogP contribution in [0.3, 0.4) is 0 Å². The minimum atomic E-state index is -3.67. The van der Waals surface area contributed by atoms with Gasteiger partial charge in [-0.15, -0.1) is 0 Å². The lowest BCUT2D eigenvalue weighted by molar-refractivity contribution is -0.225. The van der Waals surface area contributed by atoms with Gasteiger partial charge in [0.2, 0.25) is 0 Å². The first kappa shape index (κ1) is 26.8. The Hall–Kier alpha value is -2.29. The van der Waals surface area contributed by atoms with Gasteiger partial charge >= 0.3 is 6.11 Å². The van der Waals surface area contributed by atoms with Crippen molar-refractivity contribution in [3.8, 4) is 5.75 Å². The van der Waals surface area contributed by atoms with E-state index in [2.05, 4.69) is 4.74 Å². The Labute approximate surface area is 205 Å². The molecule has 2 aromatic rings. The van der Waals surface area contributed by atoms with E-state index in [0.29, 0.717) is 61.8 Å². The summed E-state index contributed by atoms with van der Waals surface area (Å²) in [6.07, 6.45) is -0.314. The minimum absolute atomic E-state index is 0.0345. The zero-order valence-corrected chi connectivity index (χ0v) is 19.9. The second-order valence-electron chi connectivity index (χ2n) is 9.81. The molecule has 0 bridgehead atoms. The van der Waals surface area contributed by atoms with Crippen molar-refractivity contribution in [3.63, 3.8) is 0 Å². The third kappa shape index (κ3) is 5.66. The van der Waals surface area contributed by atoms with Gasteiger partial charge in [0.25, 0.3) is 0 Å². The molecule has 1 saturated heterocycles. The zero-order chi connectivity index (χ0) is 26.0. The molecule has 2 nitrogen and oxygen atoms in total. The van der Waals surface area contributed by atoms with Crippen molar-refractivity contribution in [2.45, 2.75) is 76.4 Å². The highest BCUT2D eigenvalue weighted by Crippen LogP contribution is 2.44. The fraction of sp³-hybridized carbons (Fsp3) is 0.556. The molecule has 198 valence electrons. The summed E-state index contributed by atoms with van der Waals surface area (Å²) in [7, 11) is 0. The van der Waals surface area contributed by atoms with Crippen molar-refractivity contribution < 1.29 is 40.2 Å². The minimum Gasteiger partial charge on any atom is -0.432 e. The second kappa shape index (κ2) is 11.0. The molecule has 0 N–H and O–H groups in total. The lowest BCUT2D eigenvalue weighted by Crippen LogP contribution is -2.40. The number of halogens is 7. The molecular weight excluding hydrogens is 489 g/mol. The Morgan fingerprint density at radius 2 is 1.53 bits per heavy atom. The molecule has 2 aromatic carbocycles. The van der Waals surface area contributed by atoms with Gasteiger partial charge in [0.05, 0.1) is 18.6 Å². The summed E-state index contributed by atoms with van der Waals surface area (Å²) in [5, 5.41) is 0. The number of benzene rings is 2. The molecule has 2 atom stereocenters.